The maximum atomic E-state index is 11.2. The number of carbonyl (C=O) groups is 2. The van der Waals surface area contributed by atoms with Gasteiger partial charge >= 0.3 is 11.9 Å². The summed E-state index contributed by atoms with van der Waals surface area (Å²) >= 11 is 0. The van der Waals surface area contributed by atoms with Gasteiger partial charge in [-0.25, -0.2) is 4.79 Å². The van der Waals surface area contributed by atoms with Gasteiger partial charge in [0.1, 0.15) is 11.6 Å². The molecule has 0 saturated carbocycles. The van der Waals surface area contributed by atoms with Gasteiger partial charge < -0.3 is 15.5 Å². The lowest BCUT2D eigenvalue weighted by molar-refractivity contribution is -0.144. The summed E-state index contributed by atoms with van der Waals surface area (Å²) in [6.45, 7) is 1.86. The van der Waals surface area contributed by atoms with Gasteiger partial charge in [-0.2, -0.15) is 5.10 Å². The van der Waals surface area contributed by atoms with Crippen LogP contribution in [-0.2, 0) is 18.4 Å². The lowest BCUT2D eigenvalue weighted by atomic mass is 10.1. The minimum Gasteiger partial charge on any atom is -0.480 e. The summed E-state index contributed by atoms with van der Waals surface area (Å²) in [7, 11) is 1.65. The summed E-state index contributed by atoms with van der Waals surface area (Å²) in [5.41, 5.74) is 0.630. The molecule has 0 aliphatic carbocycles. The van der Waals surface area contributed by atoms with Crippen LogP contribution in [0.25, 0.3) is 0 Å². The second-order valence-corrected chi connectivity index (χ2v) is 4.46. The van der Waals surface area contributed by atoms with E-state index in [4.69, 9.17) is 10.2 Å². The van der Waals surface area contributed by atoms with E-state index in [0.29, 0.717) is 25.3 Å². The molecule has 1 unspecified atom stereocenters. The average molecular weight is 268 g/mol. The predicted molar refractivity (Wildman–Crippen MR) is 64.9 cm³/mol. The summed E-state index contributed by atoms with van der Waals surface area (Å²) < 4.78 is 1.48. The van der Waals surface area contributed by atoms with Crippen molar-refractivity contribution in [3.63, 3.8) is 0 Å². The van der Waals surface area contributed by atoms with E-state index in [1.54, 1.807) is 11.9 Å². The van der Waals surface area contributed by atoms with Gasteiger partial charge in [0, 0.05) is 33.2 Å². The second-order valence-electron chi connectivity index (χ2n) is 4.46. The van der Waals surface area contributed by atoms with Crippen molar-refractivity contribution in [1.29, 1.82) is 0 Å². The molecular formula is C11H16N4O4. The Morgan fingerprint density at radius 3 is 2.89 bits per heavy atom. The van der Waals surface area contributed by atoms with Gasteiger partial charge in [-0.15, -0.1) is 0 Å². The van der Waals surface area contributed by atoms with Crippen LogP contribution in [0.15, 0.2) is 6.20 Å². The Balaban J connectivity index is 2.21. The Bertz CT molecular complexity index is 499. The number of aromatic carboxylic acids is 1. The lowest BCUT2D eigenvalue weighted by Crippen LogP contribution is -2.54. The highest BCUT2D eigenvalue weighted by molar-refractivity contribution is 5.88. The number of nitrogens with zero attached hydrogens (tertiary/aromatic N) is 3. The molecule has 1 aliphatic rings. The van der Waals surface area contributed by atoms with Crippen LogP contribution in [0.3, 0.4) is 0 Å². The first-order valence-corrected chi connectivity index (χ1v) is 5.92. The van der Waals surface area contributed by atoms with Gasteiger partial charge in [0.2, 0.25) is 0 Å². The smallest absolute Gasteiger partial charge is 0.339 e. The molecule has 1 aliphatic heterocycles. The van der Waals surface area contributed by atoms with E-state index in [0.717, 1.165) is 0 Å². The van der Waals surface area contributed by atoms with Crippen molar-refractivity contribution in [3.05, 3.63) is 17.5 Å². The minimum absolute atomic E-state index is 0.116. The molecule has 0 radical (unpaired) electrons. The molecule has 1 aromatic rings. The minimum atomic E-state index is -1.05. The van der Waals surface area contributed by atoms with E-state index in [2.05, 4.69) is 10.4 Å². The third-order valence-electron chi connectivity index (χ3n) is 3.28. The Morgan fingerprint density at radius 2 is 2.26 bits per heavy atom. The van der Waals surface area contributed by atoms with Crippen molar-refractivity contribution in [2.75, 3.05) is 19.6 Å². The van der Waals surface area contributed by atoms with Crippen molar-refractivity contribution in [2.45, 2.75) is 12.6 Å². The van der Waals surface area contributed by atoms with Gasteiger partial charge in [-0.1, -0.05) is 0 Å². The fourth-order valence-electron chi connectivity index (χ4n) is 2.20. The molecule has 0 amide bonds. The zero-order valence-corrected chi connectivity index (χ0v) is 10.5. The number of rotatable bonds is 4. The molecule has 2 rings (SSSR count). The highest BCUT2D eigenvalue weighted by Crippen LogP contribution is 2.14. The van der Waals surface area contributed by atoms with Gasteiger partial charge in [-0.3, -0.25) is 14.4 Å². The van der Waals surface area contributed by atoms with E-state index < -0.39 is 18.0 Å². The molecular weight excluding hydrogens is 252 g/mol. The topological polar surface area (TPSA) is 108 Å². The third kappa shape index (κ3) is 2.74. The molecule has 2 heterocycles. The summed E-state index contributed by atoms with van der Waals surface area (Å²) in [5.74, 6) is -1.96. The summed E-state index contributed by atoms with van der Waals surface area (Å²) in [4.78, 5) is 24.0. The number of hydrogen-bond donors (Lipinski definition) is 3. The molecule has 0 bridgehead atoms. The zero-order chi connectivity index (χ0) is 14.0. The molecule has 0 spiro atoms. The average Bonchev–Trinajstić information content (AvgIpc) is 2.72. The van der Waals surface area contributed by atoms with Gasteiger partial charge in [0.25, 0.3) is 0 Å². The van der Waals surface area contributed by atoms with Crippen LogP contribution >= 0.6 is 0 Å². The summed E-state index contributed by atoms with van der Waals surface area (Å²) in [5, 5.41) is 25.2. The maximum Gasteiger partial charge on any atom is 0.339 e. The summed E-state index contributed by atoms with van der Waals surface area (Å²) in [6, 6.07) is -0.648. The molecule has 1 atom stereocenters. The SMILES string of the molecule is Cn1ncc(C(=O)O)c1CN1CCNCC1C(=O)O. The van der Waals surface area contributed by atoms with Crippen LogP contribution in [0.1, 0.15) is 16.1 Å². The normalized spacial score (nSPS) is 20.4. The molecule has 1 fully saturated rings. The standard InChI is InChI=1S/C11H16N4O4/c1-14-9(7(4-13-14)10(16)17)6-15-3-2-12-5-8(15)11(18)19/h4,8,12H,2-3,5-6H2,1H3,(H,16,17)(H,18,19). The number of aryl methyl sites for hydroxylation is 1. The first-order chi connectivity index (χ1) is 9.00. The largest absolute Gasteiger partial charge is 0.480 e. The molecule has 3 N–H and O–H groups in total. The quantitative estimate of drug-likeness (QED) is 0.641. The first kappa shape index (κ1) is 13.5. The Labute approximate surface area is 109 Å². The van der Waals surface area contributed by atoms with Crippen molar-refractivity contribution in [1.82, 2.24) is 20.0 Å². The van der Waals surface area contributed by atoms with Crippen LogP contribution in [0.5, 0.6) is 0 Å². The molecule has 0 aromatic carbocycles. The van der Waals surface area contributed by atoms with Crippen molar-refractivity contribution in [2.24, 2.45) is 7.05 Å². The van der Waals surface area contributed by atoms with Crippen LogP contribution in [0.4, 0.5) is 0 Å². The number of aromatic nitrogens is 2. The van der Waals surface area contributed by atoms with Crippen molar-refractivity contribution >= 4 is 11.9 Å². The predicted octanol–water partition coefficient (Wildman–Crippen LogP) is -1.02. The van der Waals surface area contributed by atoms with Crippen LogP contribution in [0, 0.1) is 0 Å². The highest BCUT2D eigenvalue weighted by atomic mass is 16.4. The van der Waals surface area contributed by atoms with E-state index in [1.165, 1.54) is 10.9 Å². The zero-order valence-electron chi connectivity index (χ0n) is 10.5. The molecule has 104 valence electrons. The second kappa shape index (κ2) is 5.37. The fourth-order valence-corrected chi connectivity index (χ4v) is 2.20. The number of aliphatic carboxylic acids is 1. The van der Waals surface area contributed by atoms with Gasteiger partial charge in [0.05, 0.1) is 11.9 Å². The first-order valence-electron chi connectivity index (χ1n) is 5.92. The van der Waals surface area contributed by atoms with Crippen molar-refractivity contribution < 1.29 is 19.8 Å². The number of carboxylic acid groups (broad SMARTS) is 2. The molecule has 19 heavy (non-hydrogen) atoms. The van der Waals surface area contributed by atoms with Gasteiger partial charge in [-0.05, 0) is 0 Å². The lowest BCUT2D eigenvalue weighted by Gasteiger charge is -2.33. The van der Waals surface area contributed by atoms with Crippen LogP contribution in [0.2, 0.25) is 0 Å². The van der Waals surface area contributed by atoms with Crippen LogP contribution < -0.4 is 5.32 Å². The highest BCUT2D eigenvalue weighted by Gasteiger charge is 2.30. The van der Waals surface area contributed by atoms with E-state index >= 15 is 0 Å². The van der Waals surface area contributed by atoms with E-state index in [1.807, 2.05) is 0 Å². The molecule has 1 saturated heterocycles. The number of nitrogens with one attached hydrogen (secondary N) is 1. The Kier molecular flexibility index (Phi) is 3.82. The molecule has 8 heteroatoms. The molecule has 1 aromatic heterocycles. The molecule has 8 nitrogen and oxygen atoms in total. The Hall–Kier alpha value is -1.93. The number of carboxylic acids is 2. The monoisotopic (exact) mass is 268 g/mol. The maximum absolute atomic E-state index is 11.2. The van der Waals surface area contributed by atoms with E-state index in [9.17, 15) is 9.59 Å². The Morgan fingerprint density at radius 1 is 1.53 bits per heavy atom. The summed E-state index contributed by atoms with van der Waals surface area (Å²) in [6.07, 6.45) is 1.29. The van der Waals surface area contributed by atoms with Gasteiger partial charge in [0.15, 0.2) is 0 Å². The van der Waals surface area contributed by atoms with Crippen LogP contribution in [-0.4, -0.2) is 62.5 Å². The number of hydrogen-bond acceptors (Lipinski definition) is 5. The third-order valence-corrected chi connectivity index (χ3v) is 3.28. The van der Waals surface area contributed by atoms with E-state index in [-0.39, 0.29) is 12.1 Å². The number of piperazine rings is 1. The van der Waals surface area contributed by atoms with Crippen molar-refractivity contribution in [3.8, 4) is 0 Å². The fraction of sp³-hybridized carbons (Fsp3) is 0.545.